The first kappa shape index (κ1) is 17.5. The molecule has 3 heteroatoms. The zero-order valence-electron chi connectivity index (χ0n) is 13.4. The van der Waals surface area contributed by atoms with E-state index in [-0.39, 0.29) is 12.0 Å². The monoisotopic (exact) mass is 295 g/mol. The van der Waals surface area contributed by atoms with Crippen LogP contribution in [0.15, 0.2) is 24.3 Å². The van der Waals surface area contributed by atoms with Crippen molar-refractivity contribution in [2.75, 3.05) is 19.4 Å². The van der Waals surface area contributed by atoms with Crippen LogP contribution < -0.4 is 5.32 Å². The summed E-state index contributed by atoms with van der Waals surface area (Å²) in [4.78, 5) is 0. The molecule has 0 fully saturated rings. The molecule has 2 atom stereocenters. The van der Waals surface area contributed by atoms with E-state index in [2.05, 4.69) is 57.3 Å². The molecule has 0 amide bonds. The molecule has 1 aromatic rings. The van der Waals surface area contributed by atoms with Crippen LogP contribution in [0.2, 0.25) is 0 Å². The zero-order chi connectivity index (χ0) is 15.2. The third-order valence-electron chi connectivity index (χ3n) is 3.61. The Bertz CT molecular complexity index is 383. The topological polar surface area (TPSA) is 32.3 Å². The average molecular weight is 295 g/mol. The maximum atomic E-state index is 8.95. The molecule has 0 spiro atoms. The first-order valence-corrected chi connectivity index (χ1v) is 8.43. The summed E-state index contributed by atoms with van der Waals surface area (Å²) in [6.07, 6.45) is 0.865. The SMILES string of the molecule is CNC(CSC(C)CCO)c1ccc(C(C)(C)C)cc1. The van der Waals surface area contributed by atoms with Crippen molar-refractivity contribution < 1.29 is 5.11 Å². The fraction of sp³-hybridized carbons (Fsp3) is 0.647. The van der Waals surface area contributed by atoms with Crippen molar-refractivity contribution in [3.63, 3.8) is 0 Å². The van der Waals surface area contributed by atoms with E-state index < -0.39 is 0 Å². The second-order valence-corrected chi connectivity index (χ2v) is 7.84. The van der Waals surface area contributed by atoms with Crippen LogP contribution in [0.1, 0.15) is 51.3 Å². The Morgan fingerprint density at radius 3 is 2.25 bits per heavy atom. The molecule has 114 valence electrons. The van der Waals surface area contributed by atoms with E-state index in [1.165, 1.54) is 11.1 Å². The Morgan fingerprint density at radius 1 is 1.20 bits per heavy atom. The zero-order valence-corrected chi connectivity index (χ0v) is 14.3. The molecule has 0 radical (unpaired) electrons. The summed E-state index contributed by atoms with van der Waals surface area (Å²) in [6, 6.07) is 9.32. The number of rotatable bonds is 7. The third-order valence-corrected chi connectivity index (χ3v) is 4.94. The highest BCUT2D eigenvalue weighted by Crippen LogP contribution is 2.26. The van der Waals surface area contributed by atoms with Crippen molar-refractivity contribution in [3.05, 3.63) is 35.4 Å². The van der Waals surface area contributed by atoms with Crippen molar-refractivity contribution in [2.24, 2.45) is 0 Å². The number of nitrogens with one attached hydrogen (secondary N) is 1. The van der Waals surface area contributed by atoms with Crippen LogP contribution in [0.4, 0.5) is 0 Å². The van der Waals surface area contributed by atoms with Gasteiger partial charge in [0.15, 0.2) is 0 Å². The summed E-state index contributed by atoms with van der Waals surface area (Å²) < 4.78 is 0. The second-order valence-electron chi connectivity index (χ2n) is 6.37. The summed E-state index contributed by atoms with van der Waals surface area (Å²) in [5.41, 5.74) is 2.92. The van der Waals surface area contributed by atoms with Gasteiger partial charge in [-0.05, 0) is 30.0 Å². The first-order chi connectivity index (χ1) is 9.38. The van der Waals surface area contributed by atoms with Crippen LogP contribution in [0.25, 0.3) is 0 Å². The molecule has 0 saturated carbocycles. The quantitative estimate of drug-likeness (QED) is 0.803. The van der Waals surface area contributed by atoms with Crippen LogP contribution in [-0.4, -0.2) is 29.8 Å². The molecule has 0 aliphatic rings. The molecule has 1 rings (SSSR count). The minimum atomic E-state index is 0.206. The lowest BCUT2D eigenvalue weighted by Gasteiger charge is -2.22. The van der Waals surface area contributed by atoms with E-state index in [4.69, 9.17) is 5.11 Å². The molecule has 2 N–H and O–H groups in total. The van der Waals surface area contributed by atoms with Crippen LogP contribution in [-0.2, 0) is 5.41 Å². The van der Waals surface area contributed by atoms with Gasteiger partial charge in [-0.2, -0.15) is 11.8 Å². The molecule has 0 saturated heterocycles. The average Bonchev–Trinajstić information content (AvgIpc) is 2.39. The number of aliphatic hydroxyl groups excluding tert-OH is 1. The molecule has 0 heterocycles. The number of hydrogen-bond donors (Lipinski definition) is 2. The smallest absolute Gasteiger partial charge is 0.0441 e. The highest BCUT2D eigenvalue weighted by molar-refractivity contribution is 7.99. The lowest BCUT2D eigenvalue weighted by atomic mass is 9.86. The van der Waals surface area contributed by atoms with Crippen LogP contribution in [0.5, 0.6) is 0 Å². The van der Waals surface area contributed by atoms with E-state index in [1.54, 1.807) is 0 Å². The molecule has 20 heavy (non-hydrogen) atoms. The van der Waals surface area contributed by atoms with E-state index in [9.17, 15) is 0 Å². The molecule has 0 aliphatic carbocycles. The molecule has 0 aromatic heterocycles. The molecular formula is C17H29NOS. The van der Waals surface area contributed by atoms with Crippen molar-refractivity contribution in [3.8, 4) is 0 Å². The van der Waals surface area contributed by atoms with Crippen molar-refractivity contribution in [1.29, 1.82) is 0 Å². The van der Waals surface area contributed by atoms with Crippen LogP contribution in [0, 0.1) is 0 Å². The van der Waals surface area contributed by atoms with Gasteiger partial charge < -0.3 is 10.4 Å². The van der Waals surface area contributed by atoms with Gasteiger partial charge in [0.05, 0.1) is 0 Å². The van der Waals surface area contributed by atoms with E-state index >= 15 is 0 Å². The summed E-state index contributed by atoms with van der Waals surface area (Å²) in [7, 11) is 2.01. The van der Waals surface area contributed by atoms with Crippen LogP contribution >= 0.6 is 11.8 Å². The van der Waals surface area contributed by atoms with Gasteiger partial charge in [0.25, 0.3) is 0 Å². The predicted molar refractivity (Wildman–Crippen MR) is 90.6 cm³/mol. The minimum Gasteiger partial charge on any atom is -0.396 e. The van der Waals surface area contributed by atoms with Gasteiger partial charge in [-0.3, -0.25) is 0 Å². The van der Waals surface area contributed by atoms with Gasteiger partial charge >= 0.3 is 0 Å². The van der Waals surface area contributed by atoms with Crippen LogP contribution in [0.3, 0.4) is 0 Å². The minimum absolute atomic E-state index is 0.206. The van der Waals surface area contributed by atoms with E-state index in [1.807, 2.05) is 18.8 Å². The standard InChI is InChI=1S/C17H29NOS/c1-13(10-11-19)20-12-16(18-5)14-6-8-15(9-7-14)17(2,3)4/h6-9,13,16,18-19H,10-12H2,1-5H3. The fourth-order valence-corrected chi connectivity index (χ4v) is 3.24. The summed E-state index contributed by atoms with van der Waals surface area (Å²) in [5.74, 6) is 1.03. The molecule has 2 nitrogen and oxygen atoms in total. The normalized spacial score (nSPS) is 15.1. The maximum absolute atomic E-state index is 8.95. The van der Waals surface area contributed by atoms with Gasteiger partial charge in [-0.25, -0.2) is 0 Å². The van der Waals surface area contributed by atoms with Gasteiger partial charge in [-0.1, -0.05) is 52.0 Å². The Hall–Kier alpha value is -0.510. The van der Waals surface area contributed by atoms with Gasteiger partial charge in [-0.15, -0.1) is 0 Å². The highest BCUT2D eigenvalue weighted by Gasteiger charge is 2.15. The lowest BCUT2D eigenvalue weighted by Crippen LogP contribution is -2.20. The largest absolute Gasteiger partial charge is 0.396 e. The number of thioether (sulfide) groups is 1. The van der Waals surface area contributed by atoms with Crippen molar-refractivity contribution >= 4 is 11.8 Å². The highest BCUT2D eigenvalue weighted by atomic mass is 32.2. The Balaban J connectivity index is 2.66. The second kappa shape index (κ2) is 8.06. The van der Waals surface area contributed by atoms with Crippen molar-refractivity contribution in [1.82, 2.24) is 5.32 Å². The molecule has 0 bridgehead atoms. The predicted octanol–water partition coefficient (Wildman–Crippen LogP) is 3.75. The summed E-state index contributed by atoms with van der Waals surface area (Å²) >= 11 is 1.92. The molecule has 2 unspecified atom stereocenters. The molecular weight excluding hydrogens is 266 g/mol. The van der Waals surface area contributed by atoms with E-state index in [0.717, 1.165) is 12.2 Å². The van der Waals surface area contributed by atoms with Gasteiger partial charge in [0.1, 0.15) is 0 Å². The Labute approximate surface area is 128 Å². The molecule has 0 aliphatic heterocycles. The maximum Gasteiger partial charge on any atom is 0.0441 e. The first-order valence-electron chi connectivity index (χ1n) is 7.38. The summed E-state index contributed by atoms with van der Waals surface area (Å²) in [6.45, 7) is 9.17. The third kappa shape index (κ3) is 5.47. The Morgan fingerprint density at radius 2 is 1.80 bits per heavy atom. The van der Waals surface area contributed by atoms with Gasteiger partial charge in [0, 0.05) is 23.7 Å². The number of aliphatic hydroxyl groups is 1. The Kier molecular flexibility index (Phi) is 7.07. The van der Waals surface area contributed by atoms with Crippen molar-refractivity contribution in [2.45, 2.75) is 50.8 Å². The van der Waals surface area contributed by atoms with E-state index in [0.29, 0.717) is 11.3 Å². The number of benzene rings is 1. The fourth-order valence-electron chi connectivity index (χ4n) is 2.09. The number of hydrogen-bond acceptors (Lipinski definition) is 3. The summed E-state index contributed by atoms with van der Waals surface area (Å²) in [5, 5.41) is 12.8. The lowest BCUT2D eigenvalue weighted by molar-refractivity contribution is 0.289. The van der Waals surface area contributed by atoms with Gasteiger partial charge in [0.2, 0.25) is 0 Å². The molecule has 1 aromatic carbocycles.